The molecule has 0 bridgehead atoms. The summed E-state index contributed by atoms with van der Waals surface area (Å²) < 4.78 is 40.1. The van der Waals surface area contributed by atoms with Crippen molar-refractivity contribution in [3.05, 3.63) is 69.4 Å². The van der Waals surface area contributed by atoms with E-state index in [0.717, 1.165) is 6.07 Å². The Morgan fingerprint density at radius 1 is 1.11 bits per heavy atom. The number of carbonyl (C=O) groups is 1. The summed E-state index contributed by atoms with van der Waals surface area (Å²) in [6.45, 7) is 0. The highest BCUT2D eigenvalue weighted by Gasteiger charge is 2.15. The Morgan fingerprint density at radius 3 is 2.53 bits per heavy atom. The zero-order valence-electron chi connectivity index (χ0n) is 9.59. The summed E-state index contributed by atoms with van der Waals surface area (Å²) in [6, 6.07) is 7.38. The number of Topliss-reactive ketones (excluding diaryl/α,β-unsaturated/α-hetero) is 1. The molecule has 0 amide bonds. The highest BCUT2D eigenvalue weighted by molar-refractivity contribution is 9.10. The average Bonchev–Trinajstić information content (AvgIpc) is 2.31. The normalized spacial score (nSPS) is 10.5. The maximum Gasteiger partial charge on any atom is 0.170 e. The quantitative estimate of drug-likeness (QED) is 0.768. The topological polar surface area (TPSA) is 17.1 Å². The Balaban J connectivity index is 2.28. The highest BCUT2D eigenvalue weighted by Crippen LogP contribution is 2.18. The Labute approximate surface area is 116 Å². The number of rotatable bonds is 3. The molecule has 0 spiro atoms. The minimum Gasteiger partial charge on any atom is -0.294 e. The number of ketones is 1. The van der Waals surface area contributed by atoms with Crippen molar-refractivity contribution in [2.45, 2.75) is 6.42 Å². The SMILES string of the molecule is O=C(Cc1cc(F)cc(Br)c1)c1cccc(F)c1F. The minimum absolute atomic E-state index is 0.198. The molecule has 0 aliphatic rings. The van der Waals surface area contributed by atoms with E-state index in [9.17, 15) is 18.0 Å². The van der Waals surface area contributed by atoms with Crippen LogP contribution in [0, 0.1) is 17.5 Å². The van der Waals surface area contributed by atoms with Crippen LogP contribution in [0.15, 0.2) is 40.9 Å². The first-order chi connectivity index (χ1) is 8.97. The monoisotopic (exact) mass is 328 g/mol. The Bertz CT molecular complexity index is 620. The first-order valence-corrected chi connectivity index (χ1v) is 6.19. The molecule has 0 saturated heterocycles. The zero-order chi connectivity index (χ0) is 14.0. The van der Waals surface area contributed by atoms with Crippen LogP contribution >= 0.6 is 15.9 Å². The molecule has 0 saturated carbocycles. The van der Waals surface area contributed by atoms with Gasteiger partial charge in [-0.3, -0.25) is 4.79 Å². The van der Waals surface area contributed by atoms with E-state index in [1.54, 1.807) is 6.07 Å². The van der Waals surface area contributed by atoms with Gasteiger partial charge in [-0.05, 0) is 35.9 Å². The standard InChI is InChI=1S/C14H8BrF3O/c15-9-4-8(5-10(16)7-9)6-13(19)11-2-1-3-12(17)14(11)18/h1-5,7H,6H2. The fraction of sp³-hybridized carbons (Fsp3) is 0.0714. The summed E-state index contributed by atoms with van der Waals surface area (Å²) >= 11 is 3.10. The molecule has 0 aliphatic heterocycles. The van der Waals surface area contributed by atoms with Crippen molar-refractivity contribution in [1.82, 2.24) is 0 Å². The maximum atomic E-state index is 13.4. The van der Waals surface area contributed by atoms with Gasteiger partial charge >= 0.3 is 0 Å². The first kappa shape index (κ1) is 13.8. The second-order valence-electron chi connectivity index (χ2n) is 3.98. The predicted octanol–water partition coefficient (Wildman–Crippen LogP) is 4.29. The lowest BCUT2D eigenvalue weighted by molar-refractivity contribution is 0.0988. The van der Waals surface area contributed by atoms with Crippen molar-refractivity contribution in [3.63, 3.8) is 0 Å². The lowest BCUT2D eigenvalue weighted by atomic mass is 10.0. The van der Waals surface area contributed by atoms with Crippen LogP contribution in [-0.2, 0) is 6.42 Å². The molecule has 0 radical (unpaired) electrons. The minimum atomic E-state index is -1.18. The molecule has 98 valence electrons. The van der Waals surface area contributed by atoms with Crippen LogP contribution in [0.3, 0.4) is 0 Å². The Hall–Kier alpha value is -1.62. The van der Waals surface area contributed by atoms with Crippen molar-refractivity contribution < 1.29 is 18.0 Å². The third-order valence-corrected chi connectivity index (χ3v) is 3.00. The second-order valence-corrected chi connectivity index (χ2v) is 4.89. The molecule has 0 atom stereocenters. The Kier molecular flexibility index (Phi) is 4.04. The third kappa shape index (κ3) is 3.23. The van der Waals surface area contributed by atoms with Crippen LogP contribution in [0.5, 0.6) is 0 Å². The molecule has 5 heteroatoms. The second kappa shape index (κ2) is 5.57. The van der Waals surface area contributed by atoms with Gasteiger partial charge < -0.3 is 0 Å². The smallest absolute Gasteiger partial charge is 0.170 e. The van der Waals surface area contributed by atoms with Crippen LogP contribution in [0.1, 0.15) is 15.9 Å². The van der Waals surface area contributed by atoms with E-state index >= 15 is 0 Å². The summed E-state index contributed by atoms with van der Waals surface area (Å²) in [4.78, 5) is 11.9. The molecule has 2 aromatic carbocycles. The summed E-state index contributed by atoms with van der Waals surface area (Å²) in [5.41, 5.74) is 0.0564. The molecule has 0 aliphatic carbocycles. The third-order valence-electron chi connectivity index (χ3n) is 2.54. The molecule has 19 heavy (non-hydrogen) atoms. The maximum absolute atomic E-state index is 13.4. The molecule has 1 nitrogen and oxygen atoms in total. The van der Waals surface area contributed by atoms with Gasteiger partial charge in [0.05, 0.1) is 5.56 Å². The number of benzene rings is 2. The molecule has 0 N–H and O–H groups in total. The number of hydrogen-bond acceptors (Lipinski definition) is 1. The molecule has 2 rings (SSSR count). The van der Waals surface area contributed by atoms with Gasteiger partial charge in [0.25, 0.3) is 0 Å². The molecule has 0 unspecified atom stereocenters. The predicted molar refractivity (Wildman–Crippen MR) is 68.5 cm³/mol. The van der Waals surface area contributed by atoms with Gasteiger partial charge in [0.15, 0.2) is 17.4 Å². The van der Waals surface area contributed by atoms with E-state index < -0.39 is 23.2 Å². The lowest BCUT2D eigenvalue weighted by Crippen LogP contribution is -2.07. The van der Waals surface area contributed by atoms with Gasteiger partial charge in [-0.1, -0.05) is 22.0 Å². The molecular formula is C14H8BrF3O. The van der Waals surface area contributed by atoms with Crippen molar-refractivity contribution >= 4 is 21.7 Å². The molecular weight excluding hydrogens is 321 g/mol. The molecule has 0 fully saturated rings. The van der Waals surface area contributed by atoms with Gasteiger partial charge in [0.2, 0.25) is 0 Å². The van der Waals surface area contributed by atoms with Crippen LogP contribution in [0.2, 0.25) is 0 Å². The van der Waals surface area contributed by atoms with Crippen LogP contribution < -0.4 is 0 Å². The fourth-order valence-electron chi connectivity index (χ4n) is 1.71. The van der Waals surface area contributed by atoms with E-state index in [2.05, 4.69) is 15.9 Å². The summed E-state index contributed by atoms with van der Waals surface area (Å²) in [5.74, 6) is -3.36. The zero-order valence-corrected chi connectivity index (χ0v) is 11.2. The van der Waals surface area contributed by atoms with Crippen LogP contribution in [0.25, 0.3) is 0 Å². The largest absolute Gasteiger partial charge is 0.294 e. The van der Waals surface area contributed by atoms with Gasteiger partial charge in [-0.2, -0.15) is 0 Å². The van der Waals surface area contributed by atoms with Crippen molar-refractivity contribution in [1.29, 1.82) is 0 Å². The summed E-state index contributed by atoms with van der Waals surface area (Å²) in [6.07, 6.45) is -0.198. The number of carbonyl (C=O) groups excluding carboxylic acids is 1. The fourth-order valence-corrected chi connectivity index (χ4v) is 2.23. The van der Waals surface area contributed by atoms with Gasteiger partial charge in [-0.25, -0.2) is 13.2 Å². The van der Waals surface area contributed by atoms with Gasteiger partial charge in [0, 0.05) is 10.9 Å². The molecule has 0 aromatic heterocycles. The van der Waals surface area contributed by atoms with Crippen LogP contribution in [-0.4, -0.2) is 5.78 Å². The lowest BCUT2D eigenvalue weighted by Gasteiger charge is -2.04. The van der Waals surface area contributed by atoms with Crippen molar-refractivity contribution in [2.75, 3.05) is 0 Å². The Morgan fingerprint density at radius 2 is 1.84 bits per heavy atom. The van der Waals surface area contributed by atoms with Crippen molar-refractivity contribution in [2.24, 2.45) is 0 Å². The number of halogens is 4. The van der Waals surface area contributed by atoms with E-state index in [1.165, 1.54) is 24.3 Å². The van der Waals surface area contributed by atoms with Gasteiger partial charge in [-0.15, -0.1) is 0 Å². The van der Waals surface area contributed by atoms with E-state index in [0.29, 0.717) is 10.0 Å². The van der Waals surface area contributed by atoms with Crippen LogP contribution in [0.4, 0.5) is 13.2 Å². The van der Waals surface area contributed by atoms with Crippen molar-refractivity contribution in [3.8, 4) is 0 Å². The summed E-state index contributed by atoms with van der Waals surface area (Å²) in [5, 5.41) is 0. The molecule has 2 aromatic rings. The number of hydrogen-bond donors (Lipinski definition) is 0. The summed E-state index contributed by atoms with van der Waals surface area (Å²) in [7, 11) is 0. The van der Waals surface area contributed by atoms with Gasteiger partial charge in [0.1, 0.15) is 5.82 Å². The van der Waals surface area contributed by atoms with E-state index in [4.69, 9.17) is 0 Å². The first-order valence-electron chi connectivity index (χ1n) is 5.39. The highest BCUT2D eigenvalue weighted by atomic mass is 79.9. The van der Waals surface area contributed by atoms with E-state index in [1.807, 2.05) is 0 Å². The average molecular weight is 329 g/mol. The molecule has 0 heterocycles. The van der Waals surface area contributed by atoms with E-state index in [-0.39, 0.29) is 12.0 Å².